The summed E-state index contributed by atoms with van der Waals surface area (Å²) in [6, 6.07) is 4.80. The Morgan fingerprint density at radius 3 is 2.29 bits per heavy atom. The maximum Gasteiger partial charge on any atom is 0.326 e. The van der Waals surface area contributed by atoms with Crippen LogP contribution in [-0.2, 0) is 25.6 Å². The lowest BCUT2D eigenvalue weighted by molar-refractivity contribution is -0.149. The molecule has 10 heteroatoms. The van der Waals surface area contributed by atoms with Crippen LogP contribution < -0.4 is 16.4 Å². The number of hydrogen-bond acceptors (Lipinski definition) is 6. The average Bonchev–Trinajstić information content (AvgIpc) is 3.26. The first-order chi connectivity index (χ1) is 16.0. The van der Waals surface area contributed by atoms with E-state index in [9.17, 15) is 29.4 Å². The minimum atomic E-state index is -1.33. The summed E-state index contributed by atoms with van der Waals surface area (Å²) in [4.78, 5) is 51.8. The summed E-state index contributed by atoms with van der Waals surface area (Å²) >= 11 is 0. The molecule has 10 nitrogen and oxygen atoms in total. The van der Waals surface area contributed by atoms with Gasteiger partial charge in [-0.25, -0.2) is 4.79 Å². The van der Waals surface area contributed by atoms with E-state index in [1.54, 1.807) is 24.3 Å². The fraction of sp³-hybridized carbons (Fsp3) is 0.583. The predicted octanol–water partition coefficient (Wildman–Crippen LogP) is 0.0285. The first kappa shape index (κ1) is 27.3. The number of carbonyl (C=O) groups excluding carboxylic acids is 3. The fourth-order valence-electron chi connectivity index (χ4n) is 4.08. The molecule has 0 bridgehead atoms. The molecule has 6 N–H and O–H groups in total. The maximum absolute atomic E-state index is 13.3. The molecule has 3 amide bonds. The van der Waals surface area contributed by atoms with E-state index in [1.165, 1.54) is 11.8 Å². The number of carboxylic acids is 1. The molecule has 0 radical (unpaired) electrons. The highest BCUT2D eigenvalue weighted by Crippen LogP contribution is 2.20. The summed E-state index contributed by atoms with van der Waals surface area (Å²) in [5.41, 5.74) is 6.67. The number of carbonyl (C=O) groups is 4. The van der Waals surface area contributed by atoms with Crippen LogP contribution in [-0.4, -0.2) is 75.6 Å². The summed E-state index contributed by atoms with van der Waals surface area (Å²) in [6.07, 6.45) is 0.172. The highest BCUT2D eigenvalue weighted by Gasteiger charge is 2.39. The molecule has 5 unspecified atom stereocenters. The van der Waals surface area contributed by atoms with Crippen LogP contribution in [0.5, 0.6) is 0 Å². The molecule has 1 aliphatic rings. The number of nitrogens with two attached hydrogens (primary N) is 1. The Kier molecular flexibility index (Phi) is 10.0. The summed E-state index contributed by atoms with van der Waals surface area (Å²) in [5.74, 6) is -2.78. The molecule has 5 atom stereocenters. The van der Waals surface area contributed by atoms with Gasteiger partial charge in [-0.2, -0.15) is 0 Å². The Morgan fingerprint density at radius 1 is 1.09 bits per heavy atom. The predicted molar refractivity (Wildman–Crippen MR) is 125 cm³/mol. The van der Waals surface area contributed by atoms with Crippen molar-refractivity contribution in [2.24, 2.45) is 11.7 Å². The topological polar surface area (TPSA) is 162 Å². The van der Waals surface area contributed by atoms with Crippen LogP contribution in [0.4, 0.5) is 0 Å². The molecule has 0 spiro atoms. The average molecular weight is 477 g/mol. The number of rotatable bonds is 11. The molecule has 2 rings (SSSR count). The number of aliphatic hydroxyl groups excluding tert-OH is 1. The largest absolute Gasteiger partial charge is 0.480 e. The van der Waals surface area contributed by atoms with Gasteiger partial charge in [0.05, 0.1) is 12.1 Å². The van der Waals surface area contributed by atoms with E-state index in [4.69, 9.17) is 5.73 Å². The number of aliphatic carboxylic acids is 1. The lowest BCUT2D eigenvalue weighted by atomic mass is 10.0. The van der Waals surface area contributed by atoms with Crippen LogP contribution in [0.3, 0.4) is 0 Å². The van der Waals surface area contributed by atoms with E-state index in [2.05, 4.69) is 10.6 Å². The van der Waals surface area contributed by atoms with E-state index < -0.39 is 54.0 Å². The van der Waals surface area contributed by atoms with Crippen molar-refractivity contribution in [3.05, 3.63) is 35.9 Å². The third-order valence-electron chi connectivity index (χ3n) is 5.84. The van der Waals surface area contributed by atoms with E-state index in [0.29, 0.717) is 19.3 Å². The molecule has 34 heavy (non-hydrogen) atoms. The Morgan fingerprint density at radius 2 is 1.74 bits per heavy atom. The quantitative estimate of drug-likeness (QED) is 0.301. The number of aliphatic hydroxyl groups is 1. The Hall–Kier alpha value is -2.98. The van der Waals surface area contributed by atoms with Crippen molar-refractivity contribution in [2.45, 2.75) is 76.7 Å². The SMILES string of the molecule is CC(C)CC(N)C(=O)NC(C(=O)NC(Cc1ccccc1)C(=O)N1CCCC1C(=O)O)C(C)O. The number of amides is 3. The number of hydrogen-bond donors (Lipinski definition) is 5. The molecule has 1 heterocycles. The molecule has 0 aliphatic carbocycles. The molecule has 0 saturated carbocycles. The highest BCUT2D eigenvalue weighted by molar-refractivity contribution is 5.94. The van der Waals surface area contributed by atoms with E-state index in [1.807, 2.05) is 19.9 Å². The van der Waals surface area contributed by atoms with Crippen molar-refractivity contribution < 1.29 is 29.4 Å². The van der Waals surface area contributed by atoms with Gasteiger partial charge in [0.25, 0.3) is 0 Å². The normalized spacial score (nSPS) is 19.2. The molecule has 1 aromatic rings. The summed E-state index contributed by atoms with van der Waals surface area (Å²) in [6.45, 7) is 5.45. The van der Waals surface area contributed by atoms with Gasteiger partial charge in [0.1, 0.15) is 18.1 Å². The Labute approximate surface area is 199 Å². The zero-order chi connectivity index (χ0) is 25.4. The standard InChI is InChI=1S/C24H36N4O6/c1-14(2)12-17(25)21(30)27-20(15(3)29)22(31)26-18(13-16-8-5-4-6-9-16)23(32)28-11-7-10-19(28)24(33)34/h4-6,8-9,14-15,17-20,29H,7,10-13,25H2,1-3H3,(H,26,31)(H,27,30)(H,33,34). The van der Waals surface area contributed by atoms with Crippen LogP contribution in [0.15, 0.2) is 30.3 Å². The maximum atomic E-state index is 13.3. The molecular formula is C24H36N4O6. The van der Waals surface area contributed by atoms with Gasteiger partial charge in [0, 0.05) is 13.0 Å². The molecule has 188 valence electrons. The first-order valence-electron chi connectivity index (χ1n) is 11.6. The monoisotopic (exact) mass is 476 g/mol. The summed E-state index contributed by atoms with van der Waals surface area (Å²) < 4.78 is 0. The van der Waals surface area contributed by atoms with E-state index in [0.717, 1.165) is 5.56 Å². The number of carboxylic acid groups (broad SMARTS) is 1. The zero-order valence-electron chi connectivity index (χ0n) is 19.9. The van der Waals surface area contributed by atoms with Gasteiger partial charge < -0.3 is 31.5 Å². The van der Waals surface area contributed by atoms with Crippen molar-refractivity contribution in [1.82, 2.24) is 15.5 Å². The summed E-state index contributed by atoms with van der Waals surface area (Å²) in [5, 5.41) is 24.8. The van der Waals surface area contributed by atoms with Gasteiger partial charge in [-0.15, -0.1) is 0 Å². The van der Waals surface area contributed by atoms with Crippen LogP contribution in [0.1, 0.15) is 45.6 Å². The van der Waals surface area contributed by atoms with Gasteiger partial charge in [-0.05, 0) is 37.7 Å². The van der Waals surface area contributed by atoms with Crippen molar-refractivity contribution in [3.8, 4) is 0 Å². The van der Waals surface area contributed by atoms with Crippen molar-refractivity contribution >= 4 is 23.7 Å². The van der Waals surface area contributed by atoms with Crippen LogP contribution >= 0.6 is 0 Å². The second-order valence-corrected chi connectivity index (χ2v) is 9.24. The van der Waals surface area contributed by atoms with Crippen LogP contribution in [0.25, 0.3) is 0 Å². The second kappa shape index (κ2) is 12.5. The zero-order valence-corrected chi connectivity index (χ0v) is 19.9. The van der Waals surface area contributed by atoms with Gasteiger partial charge in [-0.3, -0.25) is 14.4 Å². The first-order valence-corrected chi connectivity index (χ1v) is 11.6. The van der Waals surface area contributed by atoms with Crippen molar-refractivity contribution in [2.75, 3.05) is 6.54 Å². The van der Waals surface area contributed by atoms with Gasteiger partial charge >= 0.3 is 5.97 Å². The highest BCUT2D eigenvalue weighted by atomic mass is 16.4. The van der Waals surface area contributed by atoms with Crippen molar-refractivity contribution in [1.29, 1.82) is 0 Å². The molecule has 1 aliphatic heterocycles. The number of benzene rings is 1. The van der Waals surface area contributed by atoms with Gasteiger partial charge in [-0.1, -0.05) is 44.2 Å². The third kappa shape index (κ3) is 7.53. The third-order valence-corrected chi connectivity index (χ3v) is 5.84. The van der Waals surface area contributed by atoms with E-state index in [-0.39, 0.29) is 18.9 Å². The second-order valence-electron chi connectivity index (χ2n) is 9.24. The lowest BCUT2D eigenvalue weighted by Gasteiger charge is -2.29. The summed E-state index contributed by atoms with van der Waals surface area (Å²) in [7, 11) is 0. The molecule has 0 aromatic heterocycles. The van der Waals surface area contributed by atoms with Gasteiger partial charge in [0.15, 0.2) is 0 Å². The van der Waals surface area contributed by atoms with Crippen LogP contribution in [0.2, 0.25) is 0 Å². The Bertz CT molecular complexity index is 860. The number of nitrogens with zero attached hydrogens (tertiary/aromatic N) is 1. The molecular weight excluding hydrogens is 440 g/mol. The number of nitrogens with one attached hydrogen (secondary N) is 2. The van der Waals surface area contributed by atoms with E-state index >= 15 is 0 Å². The molecule has 1 saturated heterocycles. The van der Waals surface area contributed by atoms with Crippen molar-refractivity contribution in [3.63, 3.8) is 0 Å². The van der Waals surface area contributed by atoms with Crippen LogP contribution in [0, 0.1) is 5.92 Å². The smallest absolute Gasteiger partial charge is 0.326 e. The van der Waals surface area contributed by atoms with Gasteiger partial charge in [0.2, 0.25) is 17.7 Å². The minimum absolute atomic E-state index is 0.127. The molecule has 1 aromatic carbocycles. The Balaban J connectivity index is 2.22. The lowest BCUT2D eigenvalue weighted by Crippen LogP contribution is -2.60. The number of likely N-dealkylation sites (tertiary alicyclic amines) is 1. The fourth-order valence-corrected chi connectivity index (χ4v) is 4.08. The minimum Gasteiger partial charge on any atom is -0.480 e. The molecule has 1 fully saturated rings.